The summed E-state index contributed by atoms with van der Waals surface area (Å²) in [5, 5.41) is 0. The maximum atomic E-state index is 12.5. The molecule has 3 rings (SSSR count). The van der Waals surface area contributed by atoms with Gasteiger partial charge in [-0.1, -0.05) is 18.2 Å². The molecular weight excluding hydrogens is 288 g/mol. The molecule has 0 unspecified atom stereocenters. The average Bonchev–Trinajstić information content (AvgIpc) is 3.01. The first-order valence-corrected chi connectivity index (χ1v) is 8.02. The first-order valence-electron chi connectivity index (χ1n) is 8.02. The van der Waals surface area contributed by atoms with Gasteiger partial charge < -0.3 is 14.2 Å². The van der Waals surface area contributed by atoms with Crippen LogP contribution in [0.3, 0.4) is 0 Å². The highest BCUT2D eigenvalue weighted by Gasteiger charge is 2.20. The van der Waals surface area contributed by atoms with Crippen molar-refractivity contribution in [1.82, 2.24) is 9.47 Å². The number of amides is 1. The van der Waals surface area contributed by atoms with Crippen molar-refractivity contribution in [2.24, 2.45) is 7.05 Å². The molecule has 23 heavy (non-hydrogen) atoms. The summed E-state index contributed by atoms with van der Waals surface area (Å²) in [4.78, 5) is 14.4. The number of aryl methyl sites for hydroxylation is 1. The van der Waals surface area contributed by atoms with E-state index in [-0.39, 0.29) is 5.91 Å². The fraction of sp³-hybridized carbons (Fsp3) is 0.316. The highest BCUT2D eigenvalue weighted by atomic mass is 16.5. The SMILES string of the molecule is CCOc1ccc(C2=CCN(C(=O)c3cccn3C)CC2)cc1. The molecule has 0 radical (unpaired) electrons. The van der Waals surface area contributed by atoms with Gasteiger partial charge in [-0.25, -0.2) is 0 Å². The normalized spacial score (nSPS) is 14.5. The molecule has 4 nitrogen and oxygen atoms in total. The van der Waals surface area contributed by atoms with Crippen LogP contribution in [0.1, 0.15) is 29.4 Å². The van der Waals surface area contributed by atoms with Crippen LogP contribution in [0.4, 0.5) is 0 Å². The van der Waals surface area contributed by atoms with Gasteiger partial charge in [0.1, 0.15) is 11.4 Å². The number of benzene rings is 1. The molecule has 1 aliphatic rings. The van der Waals surface area contributed by atoms with Crippen LogP contribution in [0.25, 0.3) is 5.57 Å². The summed E-state index contributed by atoms with van der Waals surface area (Å²) in [5.41, 5.74) is 3.24. The third-order valence-corrected chi connectivity index (χ3v) is 4.20. The van der Waals surface area contributed by atoms with Crippen molar-refractivity contribution in [1.29, 1.82) is 0 Å². The van der Waals surface area contributed by atoms with Crippen molar-refractivity contribution in [3.05, 3.63) is 59.9 Å². The van der Waals surface area contributed by atoms with E-state index in [1.165, 1.54) is 11.1 Å². The first kappa shape index (κ1) is 15.4. The van der Waals surface area contributed by atoms with E-state index in [0.29, 0.717) is 13.2 Å². The zero-order chi connectivity index (χ0) is 16.2. The number of hydrogen-bond donors (Lipinski definition) is 0. The summed E-state index contributed by atoms with van der Waals surface area (Å²) < 4.78 is 7.34. The predicted molar refractivity (Wildman–Crippen MR) is 91.5 cm³/mol. The van der Waals surface area contributed by atoms with Crippen molar-refractivity contribution < 1.29 is 9.53 Å². The fourth-order valence-corrected chi connectivity index (χ4v) is 2.89. The van der Waals surface area contributed by atoms with Crippen LogP contribution in [0.5, 0.6) is 5.75 Å². The molecule has 1 amide bonds. The lowest BCUT2D eigenvalue weighted by Crippen LogP contribution is -2.35. The van der Waals surface area contributed by atoms with E-state index in [1.807, 2.05) is 53.9 Å². The molecule has 2 heterocycles. The second-order valence-electron chi connectivity index (χ2n) is 5.69. The van der Waals surface area contributed by atoms with Crippen LogP contribution >= 0.6 is 0 Å². The molecule has 0 spiro atoms. The number of carbonyl (C=O) groups excluding carboxylic acids is 1. The zero-order valence-electron chi connectivity index (χ0n) is 13.7. The summed E-state index contributed by atoms with van der Waals surface area (Å²) in [6, 6.07) is 12.0. The van der Waals surface area contributed by atoms with Crippen molar-refractivity contribution in [2.75, 3.05) is 19.7 Å². The van der Waals surface area contributed by atoms with E-state index in [9.17, 15) is 4.79 Å². The molecule has 0 atom stereocenters. The summed E-state index contributed by atoms with van der Waals surface area (Å²) in [7, 11) is 1.90. The molecule has 2 aromatic rings. The Kier molecular flexibility index (Phi) is 4.51. The number of ether oxygens (including phenoxy) is 1. The maximum absolute atomic E-state index is 12.5. The van der Waals surface area contributed by atoms with Gasteiger partial charge in [0, 0.05) is 26.3 Å². The van der Waals surface area contributed by atoms with E-state index in [4.69, 9.17) is 4.74 Å². The van der Waals surface area contributed by atoms with Crippen molar-refractivity contribution in [3.63, 3.8) is 0 Å². The molecule has 4 heteroatoms. The molecule has 1 aromatic heterocycles. The summed E-state index contributed by atoms with van der Waals surface area (Å²) in [6.07, 6.45) is 4.93. The molecule has 0 fully saturated rings. The Hall–Kier alpha value is -2.49. The van der Waals surface area contributed by atoms with Crippen LogP contribution in [-0.4, -0.2) is 35.1 Å². The number of hydrogen-bond acceptors (Lipinski definition) is 2. The number of aromatic nitrogens is 1. The predicted octanol–water partition coefficient (Wildman–Crippen LogP) is 3.35. The fourth-order valence-electron chi connectivity index (χ4n) is 2.89. The lowest BCUT2D eigenvalue weighted by Gasteiger charge is -2.27. The van der Waals surface area contributed by atoms with Crippen LogP contribution in [-0.2, 0) is 7.05 Å². The summed E-state index contributed by atoms with van der Waals surface area (Å²) >= 11 is 0. The molecule has 0 N–H and O–H groups in total. The number of nitrogens with zero attached hydrogens (tertiary/aromatic N) is 2. The topological polar surface area (TPSA) is 34.5 Å². The minimum Gasteiger partial charge on any atom is -0.494 e. The Bertz CT molecular complexity index is 713. The Morgan fingerprint density at radius 2 is 2.00 bits per heavy atom. The van der Waals surface area contributed by atoms with Gasteiger partial charge in [0.05, 0.1) is 6.61 Å². The molecule has 0 saturated carbocycles. The monoisotopic (exact) mass is 310 g/mol. The van der Waals surface area contributed by atoms with Gasteiger partial charge in [-0.05, 0) is 48.7 Å². The van der Waals surface area contributed by atoms with Crippen LogP contribution in [0.2, 0.25) is 0 Å². The van der Waals surface area contributed by atoms with Gasteiger partial charge in [-0.15, -0.1) is 0 Å². The van der Waals surface area contributed by atoms with Crippen molar-refractivity contribution >= 4 is 11.5 Å². The highest BCUT2D eigenvalue weighted by molar-refractivity contribution is 5.93. The molecule has 0 aliphatic carbocycles. The standard InChI is InChI=1S/C19H22N2O2/c1-3-23-17-8-6-15(7-9-17)16-10-13-21(14-11-16)19(22)18-5-4-12-20(18)2/h4-10,12H,3,11,13-14H2,1-2H3. The zero-order valence-corrected chi connectivity index (χ0v) is 13.7. The van der Waals surface area contributed by atoms with Gasteiger partial charge in [0.15, 0.2) is 0 Å². The third kappa shape index (κ3) is 3.31. The Balaban J connectivity index is 1.68. The smallest absolute Gasteiger partial charge is 0.270 e. The minimum absolute atomic E-state index is 0.0968. The molecule has 120 valence electrons. The van der Waals surface area contributed by atoms with Gasteiger partial charge in [-0.2, -0.15) is 0 Å². The van der Waals surface area contributed by atoms with Gasteiger partial charge in [-0.3, -0.25) is 4.79 Å². The lowest BCUT2D eigenvalue weighted by atomic mass is 9.99. The van der Waals surface area contributed by atoms with Gasteiger partial charge >= 0.3 is 0 Å². The molecule has 0 bridgehead atoms. The number of carbonyl (C=O) groups is 1. The van der Waals surface area contributed by atoms with E-state index in [0.717, 1.165) is 24.4 Å². The van der Waals surface area contributed by atoms with Crippen LogP contribution in [0, 0.1) is 0 Å². The van der Waals surface area contributed by atoms with Gasteiger partial charge in [0.25, 0.3) is 5.91 Å². The number of rotatable bonds is 4. The molecular formula is C19H22N2O2. The maximum Gasteiger partial charge on any atom is 0.270 e. The molecule has 0 saturated heterocycles. The highest BCUT2D eigenvalue weighted by Crippen LogP contribution is 2.25. The average molecular weight is 310 g/mol. The second kappa shape index (κ2) is 6.73. The summed E-state index contributed by atoms with van der Waals surface area (Å²) in [6.45, 7) is 4.07. The second-order valence-corrected chi connectivity index (χ2v) is 5.69. The largest absolute Gasteiger partial charge is 0.494 e. The first-order chi connectivity index (χ1) is 11.2. The Morgan fingerprint density at radius 1 is 1.22 bits per heavy atom. The third-order valence-electron chi connectivity index (χ3n) is 4.20. The van der Waals surface area contributed by atoms with E-state index in [1.54, 1.807) is 0 Å². The molecule has 1 aliphatic heterocycles. The van der Waals surface area contributed by atoms with E-state index < -0.39 is 0 Å². The van der Waals surface area contributed by atoms with E-state index in [2.05, 4.69) is 18.2 Å². The summed E-state index contributed by atoms with van der Waals surface area (Å²) in [5.74, 6) is 0.993. The van der Waals surface area contributed by atoms with Crippen LogP contribution in [0.15, 0.2) is 48.7 Å². The van der Waals surface area contributed by atoms with Gasteiger partial charge in [0.2, 0.25) is 0 Å². The van der Waals surface area contributed by atoms with Crippen molar-refractivity contribution in [3.8, 4) is 5.75 Å². The van der Waals surface area contributed by atoms with Crippen molar-refractivity contribution in [2.45, 2.75) is 13.3 Å². The lowest BCUT2D eigenvalue weighted by molar-refractivity contribution is 0.0763. The van der Waals surface area contributed by atoms with Crippen LogP contribution < -0.4 is 4.74 Å². The molecule has 1 aromatic carbocycles. The Morgan fingerprint density at radius 3 is 2.57 bits per heavy atom. The Labute approximate surface area is 137 Å². The minimum atomic E-state index is 0.0968. The van der Waals surface area contributed by atoms with E-state index >= 15 is 0 Å². The quantitative estimate of drug-likeness (QED) is 0.868.